The van der Waals surface area contributed by atoms with E-state index in [4.69, 9.17) is 11.0 Å². The van der Waals surface area contributed by atoms with E-state index in [-0.39, 0.29) is 5.91 Å². The minimum absolute atomic E-state index is 0.168. The molecule has 0 aliphatic heterocycles. The van der Waals surface area contributed by atoms with Gasteiger partial charge in [0.25, 0.3) is 0 Å². The number of aromatic nitrogens is 2. The Hall–Kier alpha value is -2.63. The van der Waals surface area contributed by atoms with Crippen LogP contribution in [0, 0.1) is 11.3 Å². The van der Waals surface area contributed by atoms with Gasteiger partial charge in [-0.25, -0.2) is 9.97 Å². The Morgan fingerprint density at radius 2 is 2.08 bits per heavy atom. The van der Waals surface area contributed by atoms with Gasteiger partial charge in [-0.2, -0.15) is 5.26 Å². The van der Waals surface area contributed by atoms with Crippen LogP contribution >= 0.6 is 23.1 Å². The maximum atomic E-state index is 12.3. The van der Waals surface area contributed by atoms with Gasteiger partial charge >= 0.3 is 0 Å². The van der Waals surface area contributed by atoms with Crippen molar-refractivity contribution in [3.05, 3.63) is 41.3 Å². The first-order chi connectivity index (χ1) is 11.6. The molecule has 0 unspecified atom stereocenters. The molecule has 0 radical (unpaired) electrons. The van der Waals surface area contributed by atoms with Crippen molar-refractivity contribution >= 4 is 50.7 Å². The highest BCUT2D eigenvalue weighted by Gasteiger charge is 2.17. The van der Waals surface area contributed by atoms with E-state index in [0.717, 1.165) is 10.2 Å². The molecular formula is C16H13N5OS2. The Morgan fingerprint density at radius 3 is 2.79 bits per heavy atom. The van der Waals surface area contributed by atoms with Crippen LogP contribution < -0.4 is 11.1 Å². The Bertz CT molecular complexity index is 930. The first kappa shape index (κ1) is 16.2. The molecule has 3 rings (SSSR count). The zero-order chi connectivity index (χ0) is 17.1. The lowest BCUT2D eigenvalue weighted by Crippen LogP contribution is -2.22. The van der Waals surface area contributed by atoms with Gasteiger partial charge in [0.15, 0.2) is 5.16 Å². The second kappa shape index (κ2) is 6.86. The molecule has 0 aliphatic carbocycles. The Balaban J connectivity index is 1.69. The van der Waals surface area contributed by atoms with Crippen molar-refractivity contribution in [2.75, 3.05) is 11.1 Å². The van der Waals surface area contributed by atoms with E-state index in [9.17, 15) is 4.79 Å². The lowest BCUT2D eigenvalue weighted by Gasteiger charge is -2.11. The normalized spacial score (nSPS) is 11.8. The van der Waals surface area contributed by atoms with Gasteiger partial charge in [0.05, 0.1) is 22.3 Å². The first-order valence-corrected chi connectivity index (χ1v) is 8.81. The fourth-order valence-corrected chi connectivity index (χ4v) is 3.60. The van der Waals surface area contributed by atoms with Gasteiger partial charge in [0.1, 0.15) is 10.6 Å². The standard InChI is InChI=1S/C16H13N5OS2/c1-9(14(22)19-11-4-2-10(8-17)3-5-11)24-16-20-13(18)12-6-7-23-15(12)21-16/h2-7,9H,1H3,(H,19,22)(H2,18,20,21)/t9-/m0/s1. The molecule has 0 saturated carbocycles. The largest absolute Gasteiger partial charge is 0.383 e. The molecule has 2 heterocycles. The van der Waals surface area contributed by atoms with Crippen LogP contribution in [0.25, 0.3) is 10.2 Å². The summed E-state index contributed by atoms with van der Waals surface area (Å²) in [5, 5.41) is 14.4. The summed E-state index contributed by atoms with van der Waals surface area (Å²) in [5.41, 5.74) is 7.10. The van der Waals surface area contributed by atoms with Crippen molar-refractivity contribution in [1.29, 1.82) is 5.26 Å². The molecule has 6 nitrogen and oxygen atoms in total. The first-order valence-electron chi connectivity index (χ1n) is 7.05. The molecular weight excluding hydrogens is 342 g/mol. The lowest BCUT2D eigenvalue weighted by molar-refractivity contribution is -0.115. The number of hydrogen-bond acceptors (Lipinski definition) is 7. The van der Waals surface area contributed by atoms with Gasteiger partial charge in [-0.05, 0) is 42.6 Å². The number of rotatable bonds is 4. The molecule has 0 fully saturated rings. The Kier molecular flexibility index (Phi) is 4.64. The smallest absolute Gasteiger partial charge is 0.237 e. The molecule has 1 amide bonds. The SMILES string of the molecule is C[C@H](Sc1nc(N)c2ccsc2n1)C(=O)Nc1ccc(C#N)cc1. The van der Waals surface area contributed by atoms with Crippen LogP contribution in [0.3, 0.4) is 0 Å². The number of nitrogen functional groups attached to an aromatic ring is 1. The van der Waals surface area contributed by atoms with Crippen molar-refractivity contribution in [2.45, 2.75) is 17.3 Å². The number of thiophene rings is 1. The van der Waals surface area contributed by atoms with Gasteiger partial charge < -0.3 is 11.1 Å². The van der Waals surface area contributed by atoms with Crippen LogP contribution in [0.15, 0.2) is 40.9 Å². The molecule has 8 heteroatoms. The molecule has 120 valence electrons. The number of benzene rings is 1. The summed E-state index contributed by atoms with van der Waals surface area (Å²) in [6.45, 7) is 1.78. The molecule has 1 atom stereocenters. The molecule has 24 heavy (non-hydrogen) atoms. The van der Waals surface area contributed by atoms with Gasteiger partial charge in [-0.15, -0.1) is 11.3 Å². The van der Waals surface area contributed by atoms with Crippen LogP contribution in [0.1, 0.15) is 12.5 Å². The molecule has 0 saturated heterocycles. The average molecular weight is 355 g/mol. The third-order valence-electron chi connectivity index (χ3n) is 3.27. The Morgan fingerprint density at radius 1 is 1.33 bits per heavy atom. The van der Waals surface area contributed by atoms with Crippen LogP contribution in [0.5, 0.6) is 0 Å². The second-order valence-electron chi connectivity index (χ2n) is 4.97. The van der Waals surface area contributed by atoms with E-state index in [0.29, 0.717) is 22.2 Å². The molecule has 1 aromatic carbocycles. The zero-order valence-corrected chi connectivity index (χ0v) is 14.3. The molecule has 0 bridgehead atoms. The highest BCUT2D eigenvalue weighted by Crippen LogP contribution is 2.28. The fraction of sp³-hybridized carbons (Fsp3) is 0.125. The molecule has 3 N–H and O–H groups in total. The number of nitrogens with one attached hydrogen (secondary N) is 1. The number of nitrogens with zero attached hydrogens (tertiary/aromatic N) is 3. The number of thioether (sulfide) groups is 1. The number of anilines is 2. The summed E-state index contributed by atoms with van der Waals surface area (Å²) in [4.78, 5) is 21.8. The van der Waals surface area contributed by atoms with Crippen LogP contribution in [0.2, 0.25) is 0 Å². The number of carbonyl (C=O) groups excluding carboxylic acids is 1. The second-order valence-corrected chi connectivity index (χ2v) is 7.17. The molecule has 3 aromatic rings. The number of fused-ring (bicyclic) bond motifs is 1. The van der Waals surface area contributed by atoms with E-state index in [2.05, 4.69) is 15.3 Å². The summed E-state index contributed by atoms with van der Waals surface area (Å²) < 4.78 is 0. The van der Waals surface area contributed by atoms with E-state index in [1.165, 1.54) is 23.1 Å². The maximum Gasteiger partial charge on any atom is 0.237 e. The molecule has 2 aromatic heterocycles. The molecule has 0 aliphatic rings. The highest BCUT2D eigenvalue weighted by atomic mass is 32.2. The van der Waals surface area contributed by atoms with Crippen molar-refractivity contribution in [1.82, 2.24) is 9.97 Å². The van der Waals surface area contributed by atoms with E-state index < -0.39 is 5.25 Å². The zero-order valence-electron chi connectivity index (χ0n) is 12.7. The number of nitrogens with two attached hydrogens (primary N) is 1. The minimum atomic E-state index is -0.391. The summed E-state index contributed by atoms with van der Waals surface area (Å²) in [7, 11) is 0. The quantitative estimate of drug-likeness (QED) is 0.550. The average Bonchev–Trinajstić information content (AvgIpc) is 3.04. The van der Waals surface area contributed by atoms with Crippen molar-refractivity contribution in [2.24, 2.45) is 0 Å². The monoisotopic (exact) mass is 355 g/mol. The topological polar surface area (TPSA) is 105 Å². The third kappa shape index (κ3) is 3.48. The van der Waals surface area contributed by atoms with Crippen LogP contribution in [-0.4, -0.2) is 21.1 Å². The third-order valence-corrected chi connectivity index (χ3v) is 5.03. The van der Waals surface area contributed by atoms with E-state index in [1.807, 2.05) is 17.5 Å². The summed E-state index contributed by atoms with van der Waals surface area (Å²) >= 11 is 2.74. The van der Waals surface area contributed by atoms with Gasteiger partial charge in [-0.3, -0.25) is 4.79 Å². The number of nitriles is 1. The number of amides is 1. The summed E-state index contributed by atoms with van der Waals surface area (Å²) in [6.07, 6.45) is 0. The highest BCUT2D eigenvalue weighted by molar-refractivity contribution is 8.00. The van der Waals surface area contributed by atoms with E-state index >= 15 is 0 Å². The fourth-order valence-electron chi connectivity index (χ4n) is 1.99. The Labute approximate surface area is 146 Å². The van der Waals surface area contributed by atoms with Gasteiger partial charge in [0, 0.05) is 5.69 Å². The van der Waals surface area contributed by atoms with Crippen molar-refractivity contribution in [3.63, 3.8) is 0 Å². The van der Waals surface area contributed by atoms with Gasteiger partial charge in [0.2, 0.25) is 5.91 Å². The van der Waals surface area contributed by atoms with Crippen molar-refractivity contribution < 1.29 is 4.79 Å². The molecule has 0 spiro atoms. The van der Waals surface area contributed by atoms with Crippen molar-refractivity contribution in [3.8, 4) is 6.07 Å². The summed E-state index contributed by atoms with van der Waals surface area (Å²) in [6, 6.07) is 10.6. The van der Waals surface area contributed by atoms with Gasteiger partial charge in [-0.1, -0.05) is 11.8 Å². The lowest BCUT2D eigenvalue weighted by atomic mass is 10.2. The van der Waals surface area contributed by atoms with Crippen LogP contribution in [-0.2, 0) is 4.79 Å². The predicted molar refractivity (Wildman–Crippen MR) is 96.9 cm³/mol. The van der Waals surface area contributed by atoms with E-state index in [1.54, 1.807) is 31.2 Å². The van der Waals surface area contributed by atoms with Crippen LogP contribution in [0.4, 0.5) is 11.5 Å². The number of hydrogen-bond donors (Lipinski definition) is 2. The minimum Gasteiger partial charge on any atom is -0.383 e. The number of carbonyl (C=O) groups is 1. The predicted octanol–water partition coefficient (Wildman–Crippen LogP) is 3.26. The maximum absolute atomic E-state index is 12.3. The summed E-state index contributed by atoms with van der Waals surface area (Å²) in [5.74, 6) is 0.251.